The van der Waals surface area contributed by atoms with E-state index in [0.717, 1.165) is 37.7 Å². The molecule has 2 fully saturated rings. The molecular formula is C23H24N2O4. The van der Waals surface area contributed by atoms with Gasteiger partial charge in [-0.1, -0.05) is 48.9 Å². The van der Waals surface area contributed by atoms with Crippen LogP contribution in [0.2, 0.25) is 0 Å². The zero-order valence-corrected chi connectivity index (χ0v) is 16.1. The van der Waals surface area contributed by atoms with E-state index in [1.807, 2.05) is 30.3 Å². The van der Waals surface area contributed by atoms with Gasteiger partial charge in [0.15, 0.2) is 6.61 Å². The third kappa shape index (κ3) is 4.16. The van der Waals surface area contributed by atoms with E-state index in [4.69, 9.17) is 4.74 Å². The molecule has 0 unspecified atom stereocenters. The SMILES string of the molecule is O=C(COC(=O)C1(c2ccccc2)CCC1)Nc1ccccc1C(=O)NC1CC1. The van der Waals surface area contributed by atoms with Gasteiger partial charge >= 0.3 is 5.97 Å². The lowest BCUT2D eigenvalue weighted by Gasteiger charge is -2.39. The summed E-state index contributed by atoms with van der Waals surface area (Å²) in [6.07, 6.45) is 4.38. The molecule has 2 aromatic rings. The van der Waals surface area contributed by atoms with Crippen molar-refractivity contribution in [3.05, 3.63) is 65.7 Å². The van der Waals surface area contributed by atoms with E-state index in [2.05, 4.69) is 10.6 Å². The second kappa shape index (κ2) is 8.07. The second-order valence-corrected chi connectivity index (χ2v) is 7.72. The lowest BCUT2D eigenvalue weighted by molar-refractivity contribution is -0.156. The molecule has 2 aliphatic carbocycles. The first kappa shape index (κ1) is 19.2. The standard InChI is InChI=1S/C23H24N2O4/c26-20(25-19-10-5-4-9-18(19)21(27)24-17-11-12-17)15-29-22(28)23(13-6-14-23)16-7-2-1-3-8-16/h1-5,7-10,17H,6,11-15H2,(H,24,27)(H,25,26). The topological polar surface area (TPSA) is 84.5 Å². The van der Waals surface area contributed by atoms with Crippen molar-refractivity contribution in [2.45, 2.75) is 43.6 Å². The van der Waals surface area contributed by atoms with Gasteiger partial charge < -0.3 is 15.4 Å². The monoisotopic (exact) mass is 392 g/mol. The maximum Gasteiger partial charge on any atom is 0.317 e. The zero-order valence-electron chi connectivity index (χ0n) is 16.1. The average molecular weight is 392 g/mol. The van der Waals surface area contributed by atoms with Crippen LogP contribution < -0.4 is 10.6 Å². The maximum atomic E-state index is 12.7. The van der Waals surface area contributed by atoms with Crippen molar-refractivity contribution in [2.75, 3.05) is 11.9 Å². The van der Waals surface area contributed by atoms with Gasteiger partial charge in [-0.3, -0.25) is 14.4 Å². The highest BCUT2D eigenvalue weighted by Gasteiger charge is 2.47. The highest BCUT2D eigenvalue weighted by atomic mass is 16.5. The van der Waals surface area contributed by atoms with Crippen LogP contribution in [-0.4, -0.2) is 30.4 Å². The van der Waals surface area contributed by atoms with Gasteiger partial charge in [-0.15, -0.1) is 0 Å². The summed E-state index contributed by atoms with van der Waals surface area (Å²) in [4.78, 5) is 37.5. The Labute approximate surface area is 169 Å². The number of amides is 2. The van der Waals surface area contributed by atoms with E-state index >= 15 is 0 Å². The van der Waals surface area contributed by atoms with Crippen molar-refractivity contribution in [1.29, 1.82) is 0 Å². The van der Waals surface area contributed by atoms with Gasteiger partial charge in [0.1, 0.15) is 0 Å². The lowest BCUT2D eigenvalue weighted by Crippen LogP contribution is -2.44. The minimum Gasteiger partial charge on any atom is -0.455 e. The van der Waals surface area contributed by atoms with Gasteiger partial charge in [0.05, 0.1) is 16.7 Å². The molecule has 0 radical (unpaired) electrons. The highest BCUT2D eigenvalue weighted by Crippen LogP contribution is 2.44. The molecule has 0 saturated heterocycles. The van der Waals surface area contributed by atoms with Gasteiger partial charge in [-0.25, -0.2) is 0 Å². The van der Waals surface area contributed by atoms with Crippen LogP contribution in [-0.2, 0) is 19.7 Å². The van der Waals surface area contributed by atoms with Crippen molar-refractivity contribution in [2.24, 2.45) is 0 Å². The number of nitrogens with one attached hydrogen (secondary N) is 2. The molecule has 0 spiro atoms. The fourth-order valence-electron chi connectivity index (χ4n) is 3.63. The number of anilines is 1. The summed E-state index contributed by atoms with van der Waals surface area (Å²) in [5.41, 5.74) is 1.09. The number of ether oxygens (including phenoxy) is 1. The molecule has 150 valence electrons. The van der Waals surface area contributed by atoms with Crippen LogP contribution >= 0.6 is 0 Å². The Hall–Kier alpha value is -3.15. The van der Waals surface area contributed by atoms with Crippen LogP contribution in [0.15, 0.2) is 54.6 Å². The molecule has 6 heteroatoms. The first-order chi connectivity index (χ1) is 14.1. The van der Waals surface area contributed by atoms with E-state index in [-0.39, 0.29) is 24.5 Å². The summed E-state index contributed by atoms with van der Waals surface area (Å²) in [6, 6.07) is 16.6. The normalized spacial score (nSPS) is 17.0. The maximum absolute atomic E-state index is 12.7. The van der Waals surface area contributed by atoms with Crippen LogP contribution in [0.5, 0.6) is 0 Å². The summed E-state index contributed by atoms with van der Waals surface area (Å²) in [6.45, 7) is -0.383. The van der Waals surface area contributed by atoms with E-state index in [9.17, 15) is 14.4 Å². The fourth-order valence-corrected chi connectivity index (χ4v) is 3.63. The molecule has 6 nitrogen and oxygen atoms in total. The molecule has 0 bridgehead atoms. The molecule has 0 atom stereocenters. The number of hydrogen-bond donors (Lipinski definition) is 2. The highest BCUT2D eigenvalue weighted by molar-refractivity contribution is 6.04. The van der Waals surface area contributed by atoms with Gasteiger partial charge in [0.25, 0.3) is 11.8 Å². The fraction of sp³-hybridized carbons (Fsp3) is 0.348. The van der Waals surface area contributed by atoms with Crippen LogP contribution in [0.1, 0.15) is 48.0 Å². The van der Waals surface area contributed by atoms with Gasteiger partial charge in [0, 0.05) is 6.04 Å². The van der Waals surface area contributed by atoms with E-state index < -0.39 is 11.3 Å². The largest absolute Gasteiger partial charge is 0.455 e. The minimum atomic E-state index is -0.649. The number of hydrogen-bond acceptors (Lipinski definition) is 4. The van der Waals surface area contributed by atoms with Crippen LogP contribution in [0.4, 0.5) is 5.69 Å². The summed E-state index contributed by atoms with van der Waals surface area (Å²) in [5, 5.41) is 5.60. The van der Waals surface area contributed by atoms with Gasteiger partial charge in [0.2, 0.25) is 0 Å². The molecular weight excluding hydrogens is 368 g/mol. The predicted molar refractivity (Wildman–Crippen MR) is 108 cm³/mol. The Balaban J connectivity index is 1.37. The quantitative estimate of drug-likeness (QED) is 0.709. The van der Waals surface area contributed by atoms with Crippen molar-refractivity contribution in [3.8, 4) is 0 Å². The summed E-state index contributed by atoms with van der Waals surface area (Å²) in [7, 11) is 0. The van der Waals surface area contributed by atoms with Gasteiger partial charge in [-0.05, 0) is 43.4 Å². The third-order valence-corrected chi connectivity index (χ3v) is 5.62. The van der Waals surface area contributed by atoms with Crippen molar-refractivity contribution in [3.63, 3.8) is 0 Å². The lowest BCUT2D eigenvalue weighted by atomic mass is 9.64. The molecule has 29 heavy (non-hydrogen) atoms. The zero-order chi connectivity index (χ0) is 20.3. The number of carbonyl (C=O) groups excluding carboxylic acids is 3. The molecule has 0 aromatic heterocycles. The van der Waals surface area contributed by atoms with Crippen LogP contribution in [0.25, 0.3) is 0 Å². The number of carbonyl (C=O) groups is 3. The van der Waals surface area contributed by atoms with Gasteiger partial charge in [-0.2, -0.15) is 0 Å². The molecule has 0 aliphatic heterocycles. The van der Waals surface area contributed by atoms with E-state index in [0.29, 0.717) is 11.3 Å². The average Bonchev–Trinajstić information content (AvgIpc) is 3.51. The first-order valence-corrected chi connectivity index (χ1v) is 10.0. The Morgan fingerprint density at radius 3 is 2.31 bits per heavy atom. The number of para-hydroxylation sites is 1. The van der Waals surface area contributed by atoms with Crippen molar-refractivity contribution in [1.82, 2.24) is 5.32 Å². The minimum absolute atomic E-state index is 0.210. The number of rotatable bonds is 7. The molecule has 4 rings (SSSR count). The number of esters is 1. The first-order valence-electron chi connectivity index (χ1n) is 10.0. The summed E-state index contributed by atoms with van der Waals surface area (Å²) >= 11 is 0. The smallest absolute Gasteiger partial charge is 0.317 e. The molecule has 2 amide bonds. The third-order valence-electron chi connectivity index (χ3n) is 5.62. The Morgan fingerprint density at radius 2 is 1.66 bits per heavy atom. The van der Waals surface area contributed by atoms with E-state index in [1.165, 1.54) is 0 Å². The Morgan fingerprint density at radius 1 is 0.966 bits per heavy atom. The van der Waals surface area contributed by atoms with Crippen LogP contribution in [0, 0.1) is 0 Å². The summed E-state index contributed by atoms with van der Waals surface area (Å²) in [5.74, 6) is -1.05. The molecule has 2 aliphatic rings. The molecule has 2 saturated carbocycles. The molecule has 2 aromatic carbocycles. The van der Waals surface area contributed by atoms with Crippen molar-refractivity contribution < 1.29 is 19.1 Å². The predicted octanol–water partition coefficient (Wildman–Crippen LogP) is 3.18. The van der Waals surface area contributed by atoms with E-state index in [1.54, 1.807) is 24.3 Å². The Kier molecular flexibility index (Phi) is 5.34. The van der Waals surface area contributed by atoms with Crippen LogP contribution in [0.3, 0.4) is 0 Å². The molecule has 2 N–H and O–H groups in total. The summed E-state index contributed by atoms with van der Waals surface area (Å²) < 4.78 is 5.36. The van der Waals surface area contributed by atoms with Crippen molar-refractivity contribution >= 4 is 23.5 Å². The molecule has 0 heterocycles. The Bertz CT molecular complexity index is 917. The second-order valence-electron chi connectivity index (χ2n) is 7.72. The number of benzene rings is 2.